The van der Waals surface area contributed by atoms with E-state index in [9.17, 15) is 8.42 Å². The van der Waals surface area contributed by atoms with Crippen LogP contribution in [0.1, 0.15) is 30.5 Å². The first kappa shape index (κ1) is 13.7. The first-order valence-electron chi connectivity index (χ1n) is 4.68. The predicted octanol–water partition coefficient (Wildman–Crippen LogP) is 2.45. The summed E-state index contributed by atoms with van der Waals surface area (Å²) in [6, 6.07) is 0. The molecule has 1 aromatic rings. The zero-order valence-corrected chi connectivity index (χ0v) is 11.5. The van der Waals surface area contributed by atoms with Crippen molar-refractivity contribution >= 4 is 33.0 Å². The number of halogens is 2. The molecule has 1 atom stereocenters. The minimum Gasteiger partial charge on any atom is -0.228 e. The van der Waals surface area contributed by atoms with Crippen LogP contribution in [-0.4, -0.2) is 24.6 Å². The highest BCUT2D eigenvalue weighted by Gasteiger charge is 2.22. The molecule has 0 aliphatic heterocycles. The maximum atomic E-state index is 11.3. The molecule has 0 saturated heterocycles. The quantitative estimate of drug-likeness (QED) is 0.799. The first-order valence-corrected chi connectivity index (χ1v) is 7.39. The molecule has 4 nitrogen and oxygen atoms in total. The van der Waals surface area contributed by atoms with E-state index in [0.29, 0.717) is 12.0 Å². The maximum Gasteiger partial charge on any atom is 0.157 e. The largest absolute Gasteiger partial charge is 0.228 e. The fourth-order valence-corrected chi connectivity index (χ4v) is 2.27. The van der Waals surface area contributed by atoms with Crippen molar-refractivity contribution < 1.29 is 8.42 Å². The van der Waals surface area contributed by atoms with E-state index in [0.717, 1.165) is 6.26 Å². The normalized spacial score (nSPS) is 13.8. The lowest BCUT2D eigenvalue weighted by atomic mass is 10.2. The van der Waals surface area contributed by atoms with E-state index in [2.05, 4.69) is 9.97 Å². The summed E-state index contributed by atoms with van der Waals surface area (Å²) in [6.07, 6.45) is 1.72. The van der Waals surface area contributed by atoms with E-state index in [1.807, 2.05) is 6.92 Å². The van der Waals surface area contributed by atoms with Gasteiger partial charge in [-0.3, -0.25) is 0 Å². The molecule has 1 unspecified atom stereocenters. The third-order valence-electron chi connectivity index (χ3n) is 2.28. The Labute approximate surface area is 105 Å². The minimum atomic E-state index is -3.25. The van der Waals surface area contributed by atoms with Crippen molar-refractivity contribution in [1.82, 2.24) is 9.97 Å². The van der Waals surface area contributed by atoms with Crippen LogP contribution in [0.25, 0.3) is 0 Å². The summed E-state index contributed by atoms with van der Waals surface area (Å²) in [5.41, 5.74) is 0.632. The van der Waals surface area contributed by atoms with E-state index in [1.54, 1.807) is 0 Å². The van der Waals surface area contributed by atoms with Gasteiger partial charge in [-0.2, -0.15) is 0 Å². The Bertz CT molecular complexity index is 479. The molecular formula is C9H12Cl2N2O2S. The zero-order chi connectivity index (χ0) is 12.5. The summed E-state index contributed by atoms with van der Waals surface area (Å²) >= 11 is 11.8. The average molecular weight is 283 g/mol. The highest BCUT2D eigenvalue weighted by atomic mass is 35.5. The molecule has 1 rings (SSSR count). The SMILES string of the molecule is CCc1c(Cl)nc(C(C)S(C)(=O)=O)nc1Cl. The highest BCUT2D eigenvalue weighted by Crippen LogP contribution is 2.26. The van der Waals surface area contributed by atoms with Crippen molar-refractivity contribution in [3.8, 4) is 0 Å². The monoisotopic (exact) mass is 282 g/mol. The molecule has 0 saturated carbocycles. The van der Waals surface area contributed by atoms with Crippen LogP contribution in [0.3, 0.4) is 0 Å². The fraction of sp³-hybridized carbons (Fsp3) is 0.556. The van der Waals surface area contributed by atoms with Gasteiger partial charge in [0.15, 0.2) is 9.84 Å². The van der Waals surface area contributed by atoms with Crippen LogP contribution in [0.15, 0.2) is 0 Å². The molecule has 0 amide bonds. The topological polar surface area (TPSA) is 59.9 Å². The second kappa shape index (κ2) is 4.85. The van der Waals surface area contributed by atoms with Crippen molar-refractivity contribution in [1.29, 1.82) is 0 Å². The first-order chi connectivity index (χ1) is 7.27. The molecule has 0 aromatic carbocycles. The minimum absolute atomic E-state index is 0.134. The lowest BCUT2D eigenvalue weighted by Gasteiger charge is -2.10. The lowest BCUT2D eigenvalue weighted by molar-refractivity contribution is 0.589. The van der Waals surface area contributed by atoms with Crippen molar-refractivity contribution in [3.63, 3.8) is 0 Å². The van der Waals surface area contributed by atoms with Crippen LogP contribution >= 0.6 is 23.2 Å². The van der Waals surface area contributed by atoms with E-state index < -0.39 is 15.1 Å². The molecule has 0 bridgehead atoms. The molecule has 0 fully saturated rings. The number of nitrogens with zero attached hydrogens (tertiary/aromatic N) is 2. The summed E-state index contributed by atoms with van der Waals surface area (Å²) < 4.78 is 22.7. The molecule has 1 aromatic heterocycles. The highest BCUT2D eigenvalue weighted by molar-refractivity contribution is 7.90. The molecule has 0 spiro atoms. The van der Waals surface area contributed by atoms with Crippen molar-refractivity contribution in [2.24, 2.45) is 0 Å². The molecule has 0 radical (unpaired) electrons. The lowest BCUT2D eigenvalue weighted by Crippen LogP contribution is -2.12. The van der Waals surface area contributed by atoms with Crippen LogP contribution < -0.4 is 0 Å². The predicted molar refractivity (Wildman–Crippen MR) is 64.7 cm³/mol. The molecule has 7 heteroatoms. The zero-order valence-electron chi connectivity index (χ0n) is 9.16. The van der Waals surface area contributed by atoms with Crippen LogP contribution in [0.5, 0.6) is 0 Å². The summed E-state index contributed by atoms with van der Waals surface area (Å²) in [5, 5.41) is -0.380. The number of hydrogen-bond acceptors (Lipinski definition) is 4. The van der Waals surface area contributed by atoms with Gasteiger partial charge in [-0.05, 0) is 13.3 Å². The van der Waals surface area contributed by atoms with Gasteiger partial charge in [-0.15, -0.1) is 0 Å². The van der Waals surface area contributed by atoms with Gasteiger partial charge in [0, 0.05) is 11.8 Å². The fourth-order valence-electron chi connectivity index (χ4n) is 1.11. The second-order valence-corrected chi connectivity index (χ2v) is 6.55. The van der Waals surface area contributed by atoms with E-state index in [4.69, 9.17) is 23.2 Å². The molecule has 1 heterocycles. The Kier molecular flexibility index (Phi) is 4.15. The third kappa shape index (κ3) is 2.84. The van der Waals surface area contributed by atoms with Crippen molar-refractivity contribution in [2.45, 2.75) is 25.5 Å². The Balaban J connectivity index is 3.29. The van der Waals surface area contributed by atoms with Gasteiger partial charge in [-0.25, -0.2) is 18.4 Å². The number of aromatic nitrogens is 2. The Morgan fingerprint density at radius 3 is 2.00 bits per heavy atom. The Hall–Kier alpha value is -0.390. The number of sulfone groups is 1. The van der Waals surface area contributed by atoms with Gasteiger partial charge < -0.3 is 0 Å². The summed E-state index contributed by atoms with van der Waals surface area (Å²) in [4.78, 5) is 7.92. The Morgan fingerprint density at radius 2 is 1.69 bits per heavy atom. The molecule has 0 N–H and O–H groups in total. The van der Waals surface area contributed by atoms with E-state index in [-0.39, 0.29) is 16.1 Å². The Morgan fingerprint density at radius 1 is 1.25 bits per heavy atom. The smallest absolute Gasteiger partial charge is 0.157 e. The second-order valence-electron chi connectivity index (χ2n) is 3.47. The van der Waals surface area contributed by atoms with Gasteiger partial charge in [0.25, 0.3) is 0 Å². The number of hydrogen-bond donors (Lipinski definition) is 0. The summed E-state index contributed by atoms with van der Waals surface area (Å²) in [5.74, 6) is 0.134. The maximum absolute atomic E-state index is 11.3. The van der Waals surface area contributed by atoms with Crippen LogP contribution in [0.4, 0.5) is 0 Å². The van der Waals surface area contributed by atoms with Crippen molar-refractivity contribution in [2.75, 3.05) is 6.26 Å². The van der Waals surface area contributed by atoms with Gasteiger partial charge >= 0.3 is 0 Å². The molecule has 16 heavy (non-hydrogen) atoms. The van der Waals surface area contributed by atoms with Gasteiger partial charge in [0.05, 0.1) is 0 Å². The standard InChI is InChI=1S/C9H12Cl2N2O2S/c1-4-6-7(10)12-9(13-8(6)11)5(2)16(3,14)15/h5H,4H2,1-3H3. The third-order valence-corrected chi connectivity index (χ3v) is 4.40. The van der Waals surface area contributed by atoms with Gasteiger partial charge in [0.2, 0.25) is 0 Å². The van der Waals surface area contributed by atoms with E-state index >= 15 is 0 Å². The van der Waals surface area contributed by atoms with Gasteiger partial charge in [0.1, 0.15) is 21.4 Å². The van der Waals surface area contributed by atoms with Crippen molar-refractivity contribution in [3.05, 3.63) is 21.7 Å². The molecule has 90 valence electrons. The summed E-state index contributed by atoms with van der Waals surface area (Å²) in [7, 11) is -3.25. The average Bonchev–Trinajstić information content (AvgIpc) is 2.14. The van der Waals surface area contributed by atoms with Gasteiger partial charge in [-0.1, -0.05) is 30.1 Å². The number of rotatable bonds is 3. The summed E-state index contributed by atoms with van der Waals surface area (Å²) in [6.45, 7) is 3.37. The molecule has 0 aliphatic carbocycles. The van der Waals surface area contributed by atoms with Crippen LogP contribution in [-0.2, 0) is 16.3 Å². The molecular weight excluding hydrogens is 271 g/mol. The molecule has 0 aliphatic rings. The van der Waals surface area contributed by atoms with Crippen LogP contribution in [0.2, 0.25) is 10.3 Å². The van der Waals surface area contributed by atoms with E-state index in [1.165, 1.54) is 6.92 Å². The van der Waals surface area contributed by atoms with Crippen LogP contribution in [0, 0.1) is 0 Å².